The van der Waals surface area contributed by atoms with Crippen LogP contribution in [0.4, 0.5) is 11.6 Å². The Kier molecular flexibility index (Phi) is 3.88. The molecule has 0 aliphatic heterocycles. The third-order valence-electron chi connectivity index (χ3n) is 2.44. The predicted molar refractivity (Wildman–Crippen MR) is 80.1 cm³/mol. The van der Waals surface area contributed by atoms with Gasteiger partial charge in [-0.05, 0) is 28.1 Å². The number of nitrogens with zero attached hydrogens (tertiary/aromatic N) is 3. The molecule has 0 saturated heterocycles. The molecule has 0 radical (unpaired) electrons. The topological polar surface area (TPSA) is 55.0 Å². The van der Waals surface area contributed by atoms with E-state index >= 15 is 0 Å². The largest absolute Gasteiger partial charge is 0.389 e. The first kappa shape index (κ1) is 12.9. The molecule has 0 saturated carbocycles. The van der Waals surface area contributed by atoms with Crippen LogP contribution in [0.5, 0.6) is 0 Å². The normalized spacial score (nSPS) is 10.1. The van der Waals surface area contributed by atoms with E-state index in [1.54, 1.807) is 12.4 Å². The van der Waals surface area contributed by atoms with Crippen molar-refractivity contribution >= 4 is 44.8 Å². The maximum Gasteiger partial charge on any atom is 0.229 e. The summed E-state index contributed by atoms with van der Waals surface area (Å²) < 4.78 is 0.835. The van der Waals surface area contributed by atoms with Crippen molar-refractivity contribution in [2.45, 2.75) is 0 Å². The molecule has 0 spiro atoms. The van der Waals surface area contributed by atoms with Crippen LogP contribution < -0.4 is 10.6 Å². The van der Waals surface area contributed by atoms with E-state index in [-0.39, 0.29) is 0 Å². The van der Waals surface area contributed by atoms with E-state index in [0.29, 0.717) is 10.9 Å². The highest BCUT2D eigenvalue weighted by molar-refractivity contribution is 9.10. The molecule has 1 aromatic carbocycles. The molecule has 1 heterocycles. The lowest BCUT2D eigenvalue weighted by Gasteiger charge is -2.19. The number of para-hydroxylation sites is 1. The smallest absolute Gasteiger partial charge is 0.229 e. The lowest BCUT2D eigenvalue weighted by Crippen LogP contribution is -2.19. The summed E-state index contributed by atoms with van der Waals surface area (Å²) in [7, 11) is 1.88. The number of benzene rings is 1. The summed E-state index contributed by atoms with van der Waals surface area (Å²) in [6, 6.07) is 7.63. The van der Waals surface area contributed by atoms with Crippen molar-refractivity contribution in [2.24, 2.45) is 5.73 Å². The van der Waals surface area contributed by atoms with Crippen molar-refractivity contribution in [3.8, 4) is 0 Å². The van der Waals surface area contributed by atoms with Crippen molar-refractivity contribution in [2.75, 3.05) is 11.9 Å². The summed E-state index contributed by atoms with van der Waals surface area (Å²) in [5.74, 6) is 0.585. The van der Waals surface area contributed by atoms with Gasteiger partial charge in [0.2, 0.25) is 5.95 Å². The van der Waals surface area contributed by atoms with Gasteiger partial charge in [0.1, 0.15) is 4.99 Å². The lowest BCUT2D eigenvalue weighted by atomic mass is 10.1. The fraction of sp³-hybridized carbons (Fsp3) is 0.0833. The number of aromatic nitrogens is 2. The lowest BCUT2D eigenvalue weighted by molar-refractivity contribution is 1.03. The van der Waals surface area contributed by atoms with Crippen LogP contribution in [-0.4, -0.2) is 22.0 Å². The number of hydrogen-bond donors (Lipinski definition) is 1. The van der Waals surface area contributed by atoms with Crippen LogP contribution in [-0.2, 0) is 0 Å². The first-order chi connectivity index (χ1) is 8.59. The molecular formula is C12H11BrN4S. The van der Waals surface area contributed by atoms with Crippen LogP contribution in [0, 0.1) is 0 Å². The number of thiocarbonyl (C=S) groups is 1. The van der Waals surface area contributed by atoms with Crippen molar-refractivity contribution in [1.29, 1.82) is 0 Å². The molecule has 1 aromatic heterocycles. The van der Waals surface area contributed by atoms with Gasteiger partial charge in [0.25, 0.3) is 0 Å². The zero-order valence-corrected chi connectivity index (χ0v) is 12.1. The Hall–Kier alpha value is -1.53. The molecule has 92 valence electrons. The number of nitrogens with two attached hydrogens (primary N) is 1. The van der Waals surface area contributed by atoms with Crippen molar-refractivity contribution in [3.05, 3.63) is 46.7 Å². The summed E-state index contributed by atoms with van der Waals surface area (Å²) in [6.07, 6.45) is 3.39. The Balaban J connectivity index is 2.42. The fourth-order valence-corrected chi connectivity index (χ4v) is 1.94. The highest BCUT2D eigenvalue weighted by atomic mass is 79.9. The molecule has 0 amide bonds. The van der Waals surface area contributed by atoms with Crippen LogP contribution in [0.15, 0.2) is 41.1 Å². The monoisotopic (exact) mass is 322 g/mol. The summed E-state index contributed by atoms with van der Waals surface area (Å²) >= 11 is 8.35. The molecule has 2 rings (SSSR count). The van der Waals surface area contributed by atoms with Crippen molar-refractivity contribution in [1.82, 2.24) is 9.97 Å². The first-order valence-corrected chi connectivity index (χ1v) is 6.40. The van der Waals surface area contributed by atoms with E-state index in [1.807, 2.05) is 36.2 Å². The van der Waals surface area contributed by atoms with E-state index in [0.717, 1.165) is 15.7 Å². The van der Waals surface area contributed by atoms with Crippen molar-refractivity contribution in [3.63, 3.8) is 0 Å². The Bertz CT molecular complexity index is 571. The molecule has 0 fully saturated rings. The number of halogens is 1. The van der Waals surface area contributed by atoms with Crippen LogP contribution in [0.3, 0.4) is 0 Å². The first-order valence-electron chi connectivity index (χ1n) is 5.19. The highest BCUT2D eigenvalue weighted by Gasteiger charge is 2.12. The van der Waals surface area contributed by atoms with E-state index in [1.165, 1.54) is 0 Å². The van der Waals surface area contributed by atoms with Crippen LogP contribution in [0.2, 0.25) is 0 Å². The van der Waals surface area contributed by atoms with Gasteiger partial charge >= 0.3 is 0 Å². The average molecular weight is 323 g/mol. The fourth-order valence-electron chi connectivity index (χ4n) is 1.56. The number of anilines is 2. The van der Waals surface area contributed by atoms with Gasteiger partial charge in [-0.15, -0.1) is 0 Å². The summed E-state index contributed by atoms with van der Waals surface area (Å²) in [5.41, 5.74) is 7.40. The number of hydrogen-bond acceptors (Lipinski definition) is 4. The molecule has 0 unspecified atom stereocenters. The molecule has 0 atom stereocenters. The second-order valence-electron chi connectivity index (χ2n) is 3.64. The third-order valence-corrected chi connectivity index (χ3v) is 3.07. The van der Waals surface area contributed by atoms with E-state index in [4.69, 9.17) is 18.0 Å². The van der Waals surface area contributed by atoms with Crippen LogP contribution in [0.1, 0.15) is 5.56 Å². The van der Waals surface area contributed by atoms with Crippen LogP contribution >= 0.6 is 28.1 Å². The minimum Gasteiger partial charge on any atom is -0.389 e. The summed E-state index contributed by atoms with van der Waals surface area (Å²) in [5, 5.41) is 0. The molecule has 2 aromatic rings. The van der Waals surface area contributed by atoms with Gasteiger partial charge in [0, 0.05) is 25.0 Å². The zero-order chi connectivity index (χ0) is 13.1. The molecule has 0 aliphatic rings. The van der Waals surface area contributed by atoms with Gasteiger partial charge in [-0.3, -0.25) is 0 Å². The van der Waals surface area contributed by atoms with Crippen molar-refractivity contribution < 1.29 is 0 Å². The van der Waals surface area contributed by atoms with Gasteiger partial charge in [0.15, 0.2) is 0 Å². The van der Waals surface area contributed by atoms with E-state index in [2.05, 4.69) is 25.9 Å². The maximum absolute atomic E-state index is 5.71. The van der Waals surface area contributed by atoms with Gasteiger partial charge in [-0.1, -0.05) is 24.4 Å². The second kappa shape index (κ2) is 5.41. The molecule has 0 aliphatic carbocycles. The Morgan fingerprint density at radius 3 is 2.50 bits per heavy atom. The third kappa shape index (κ3) is 2.65. The van der Waals surface area contributed by atoms with E-state index in [9.17, 15) is 0 Å². The molecule has 0 bridgehead atoms. The minimum absolute atomic E-state index is 0.356. The molecule has 18 heavy (non-hydrogen) atoms. The van der Waals surface area contributed by atoms with Gasteiger partial charge in [0.05, 0.1) is 10.2 Å². The standard InChI is InChI=1S/C12H11BrN4S/c1-17(12-15-6-8(13)7-16-12)10-5-3-2-4-9(10)11(14)18/h2-7H,1H3,(H2,14,18). The van der Waals surface area contributed by atoms with Gasteiger partial charge in [-0.25, -0.2) is 9.97 Å². The zero-order valence-electron chi connectivity index (χ0n) is 9.67. The highest BCUT2D eigenvalue weighted by Crippen LogP contribution is 2.24. The second-order valence-corrected chi connectivity index (χ2v) is 5.00. The summed E-state index contributed by atoms with van der Waals surface area (Å²) in [4.78, 5) is 10.7. The Morgan fingerprint density at radius 1 is 1.28 bits per heavy atom. The molecule has 2 N–H and O–H groups in total. The van der Waals surface area contributed by atoms with Gasteiger partial charge in [-0.2, -0.15) is 0 Å². The number of rotatable bonds is 3. The SMILES string of the molecule is CN(c1ncc(Br)cn1)c1ccccc1C(N)=S. The van der Waals surface area contributed by atoms with Gasteiger partial charge < -0.3 is 10.6 Å². The summed E-state index contributed by atoms with van der Waals surface area (Å²) in [6.45, 7) is 0. The molecular weight excluding hydrogens is 312 g/mol. The average Bonchev–Trinajstić information content (AvgIpc) is 2.39. The Labute approximate surface area is 119 Å². The predicted octanol–water partition coefficient (Wildman–Crippen LogP) is 2.64. The molecule has 6 heteroatoms. The van der Waals surface area contributed by atoms with E-state index < -0.39 is 0 Å². The minimum atomic E-state index is 0.356. The Morgan fingerprint density at radius 2 is 1.89 bits per heavy atom. The molecule has 4 nitrogen and oxygen atoms in total. The quantitative estimate of drug-likeness (QED) is 0.880. The van der Waals surface area contributed by atoms with Crippen LogP contribution in [0.25, 0.3) is 0 Å². The maximum atomic E-state index is 5.71.